The molecule has 0 radical (unpaired) electrons. The summed E-state index contributed by atoms with van der Waals surface area (Å²) in [5, 5.41) is 19.3. The Hall–Kier alpha value is -1.93. The minimum atomic E-state index is -0.920. The van der Waals surface area contributed by atoms with Crippen molar-refractivity contribution in [2.75, 3.05) is 11.1 Å². The van der Waals surface area contributed by atoms with Crippen LogP contribution in [0.2, 0.25) is 0 Å². The minimum Gasteiger partial charge on any atom is -0.481 e. The molecule has 0 saturated carbocycles. The van der Waals surface area contributed by atoms with E-state index in [0.717, 1.165) is 34.2 Å². The van der Waals surface area contributed by atoms with Crippen LogP contribution in [-0.4, -0.2) is 32.9 Å². The van der Waals surface area contributed by atoms with E-state index in [0.29, 0.717) is 15.0 Å². The summed E-state index contributed by atoms with van der Waals surface area (Å²) in [6.45, 7) is 3.85. The van der Waals surface area contributed by atoms with E-state index in [1.54, 1.807) is 12.1 Å². The average molecular weight is 323 g/mol. The van der Waals surface area contributed by atoms with Crippen molar-refractivity contribution in [1.29, 1.82) is 0 Å². The smallest absolute Gasteiger partial charge is 0.313 e. The van der Waals surface area contributed by atoms with Gasteiger partial charge in [0.1, 0.15) is 0 Å². The Kier molecular flexibility index (Phi) is 4.92. The second-order valence-corrected chi connectivity index (χ2v) is 6.59. The molecule has 2 aromatic rings. The Morgan fingerprint density at radius 2 is 1.90 bits per heavy atom. The van der Waals surface area contributed by atoms with Crippen LogP contribution in [0.5, 0.6) is 0 Å². The molecule has 0 atom stereocenters. The summed E-state index contributed by atoms with van der Waals surface area (Å²) >= 11 is 2.22. The van der Waals surface area contributed by atoms with Gasteiger partial charge in [-0.25, -0.2) is 0 Å². The quantitative estimate of drug-likeness (QED) is 0.649. The lowest BCUT2D eigenvalue weighted by Gasteiger charge is -2.04. The Bertz CT molecular complexity index is 665. The molecule has 1 heterocycles. The largest absolute Gasteiger partial charge is 0.481 e. The Morgan fingerprint density at radius 1 is 1.24 bits per heavy atom. The third-order valence-corrected chi connectivity index (χ3v) is 4.39. The summed E-state index contributed by atoms with van der Waals surface area (Å²) < 4.78 is 0.508. The number of nitrogens with one attached hydrogen (secondary N) is 1. The number of amides is 1. The van der Waals surface area contributed by atoms with Gasteiger partial charge in [-0.15, -0.1) is 10.2 Å². The van der Waals surface area contributed by atoms with Crippen LogP contribution in [0.4, 0.5) is 5.13 Å². The molecule has 0 aliphatic carbocycles. The van der Waals surface area contributed by atoms with Gasteiger partial charge in [0.25, 0.3) is 5.91 Å². The molecule has 0 aliphatic heterocycles. The predicted octanol–water partition coefficient (Wildman–Crippen LogP) is 2.58. The highest BCUT2D eigenvalue weighted by molar-refractivity contribution is 8.01. The molecule has 1 aromatic heterocycles. The number of nitrogens with zero attached hydrogens (tertiary/aromatic N) is 2. The lowest BCUT2D eigenvalue weighted by atomic mass is 10.1. The fraction of sp³-hybridized carbons (Fsp3) is 0.231. The van der Waals surface area contributed by atoms with E-state index < -0.39 is 5.97 Å². The van der Waals surface area contributed by atoms with Gasteiger partial charge in [-0.1, -0.05) is 40.3 Å². The molecule has 0 saturated heterocycles. The van der Waals surface area contributed by atoms with Crippen molar-refractivity contribution in [3.8, 4) is 0 Å². The minimum absolute atomic E-state index is 0.0837. The molecular formula is C13H13N3O3S2. The molecule has 110 valence electrons. The van der Waals surface area contributed by atoms with Crippen molar-refractivity contribution in [2.45, 2.75) is 18.2 Å². The van der Waals surface area contributed by atoms with E-state index in [9.17, 15) is 9.59 Å². The van der Waals surface area contributed by atoms with Gasteiger partial charge in [0.05, 0.1) is 5.75 Å². The number of aryl methyl sites for hydroxylation is 2. The van der Waals surface area contributed by atoms with Crippen molar-refractivity contribution < 1.29 is 14.7 Å². The molecule has 0 aliphatic rings. The first-order valence-corrected chi connectivity index (χ1v) is 7.82. The van der Waals surface area contributed by atoms with Gasteiger partial charge >= 0.3 is 5.97 Å². The lowest BCUT2D eigenvalue weighted by Crippen LogP contribution is -2.12. The number of aliphatic carboxylic acids is 1. The molecule has 2 N–H and O–H groups in total. The van der Waals surface area contributed by atoms with Gasteiger partial charge in [0, 0.05) is 5.56 Å². The van der Waals surface area contributed by atoms with Gasteiger partial charge in [-0.05, 0) is 26.0 Å². The maximum Gasteiger partial charge on any atom is 0.313 e. The molecule has 0 bridgehead atoms. The highest BCUT2D eigenvalue weighted by Crippen LogP contribution is 2.25. The Labute approximate surface area is 129 Å². The van der Waals surface area contributed by atoms with Crippen LogP contribution in [0.1, 0.15) is 21.5 Å². The molecule has 0 spiro atoms. The first-order valence-electron chi connectivity index (χ1n) is 6.02. The molecule has 0 fully saturated rings. The van der Waals surface area contributed by atoms with E-state index in [4.69, 9.17) is 5.11 Å². The van der Waals surface area contributed by atoms with Gasteiger partial charge in [-0.3, -0.25) is 14.9 Å². The van der Waals surface area contributed by atoms with Crippen LogP contribution in [0, 0.1) is 13.8 Å². The van der Waals surface area contributed by atoms with Gasteiger partial charge in [-0.2, -0.15) is 0 Å². The van der Waals surface area contributed by atoms with Crippen molar-refractivity contribution in [3.05, 3.63) is 34.9 Å². The van der Waals surface area contributed by atoms with Gasteiger partial charge in [0.2, 0.25) is 5.13 Å². The molecule has 1 amide bonds. The highest BCUT2D eigenvalue weighted by atomic mass is 32.2. The van der Waals surface area contributed by atoms with Gasteiger partial charge < -0.3 is 5.11 Å². The normalized spacial score (nSPS) is 10.4. The number of benzene rings is 1. The second kappa shape index (κ2) is 6.68. The summed E-state index contributed by atoms with van der Waals surface area (Å²) in [5.74, 6) is -1.26. The first kappa shape index (κ1) is 15.5. The fourth-order valence-corrected chi connectivity index (χ4v) is 3.18. The molecule has 8 heteroatoms. The van der Waals surface area contributed by atoms with E-state index in [1.165, 1.54) is 0 Å². The summed E-state index contributed by atoms with van der Waals surface area (Å²) in [6.07, 6.45) is 0. The summed E-state index contributed by atoms with van der Waals surface area (Å²) in [7, 11) is 0. The fourth-order valence-electron chi connectivity index (χ4n) is 1.72. The number of carbonyl (C=O) groups is 2. The SMILES string of the molecule is Cc1cc(C)cc(C(=O)Nc2nnc(SCC(=O)O)s2)c1. The Balaban J connectivity index is 2.04. The number of rotatable bonds is 5. The van der Waals surface area contributed by atoms with Crippen LogP contribution < -0.4 is 5.32 Å². The third-order valence-electron chi connectivity index (χ3n) is 2.43. The number of hydrogen-bond acceptors (Lipinski definition) is 6. The number of anilines is 1. The highest BCUT2D eigenvalue weighted by Gasteiger charge is 2.12. The number of carboxylic acid groups (broad SMARTS) is 1. The molecule has 2 rings (SSSR count). The molecule has 1 aromatic carbocycles. The van der Waals surface area contributed by atoms with Crippen molar-refractivity contribution in [2.24, 2.45) is 0 Å². The molecule has 6 nitrogen and oxygen atoms in total. The zero-order chi connectivity index (χ0) is 15.4. The predicted molar refractivity (Wildman–Crippen MR) is 82.1 cm³/mol. The summed E-state index contributed by atoms with van der Waals surface area (Å²) in [6, 6.07) is 5.58. The van der Waals surface area contributed by atoms with E-state index in [1.807, 2.05) is 19.9 Å². The van der Waals surface area contributed by atoms with E-state index >= 15 is 0 Å². The zero-order valence-corrected chi connectivity index (χ0v) is 13.0. The number of carbonyl (C=O) groups excluding carboxylic acids is 1. The zero-order valence-electron chi connectivity index (χ0n) is 11.4. The molecule has 0 unspecified atom stereocenters. The number of carboxylic acids is 1. The maximum absolute atomic E-state index is 12.1. The lowest BCUT2D eigenvalue weighted by molar-refractivity contribution is -0.133. The van der Waals surface area contributed by atoms with Crippen molar-refractivity contribution >= 4 is 40.1 Å². The standard InChI is InChI=1S/C13H13N3O3S2/c1-7-3-8(2)5-9(4-7)11(19)14-12-15-16-13(21-12)20-6-10(17)18/h3-5H,6H2,1-2H3,(H,17,18)(H,14,15,19). The summed E-state index contributed by atoms with van der Waals surface area (Å²) in [5.41, 5.74) is 2.58. The van der Waals surface area contributed by atoms with Gasteiger partial charge in [0.15, 0.2) is 4.34 Å². The van der Waals surface area contributed by atoms with E-state index in [-0.39, 0.29) is 11.7 Å². The monoisotopic (exact) mass is 323 g/mol. The summed E-state index contributed by atoms with van der Waals surface area (Å²) in [4.78, 5) is 22.6. The molecule has 21 heavy (non-hydrogen) atoms. The number of aromatic nitrogens is 2. The number of hydrogen-bond donors (Lipinski definition) is 2. The van der Waals surface area contributed by atoms with Crippen LogP contribution in [0.15, 0.2) is 22.5 Å². The van der Waals surface area contributed by atoms with Crippen molar-refractivity contribution in [3.63, 3.8) is 0 Å². The topological polar surface area (TPSA) is 92.2 Å². The van der Waals surface area contributed by atoms with Crippen LogP contribution in [0.3, 0.4) is 0 Å². The maximum atomic E-state index is 12.1. The van der Waals surface area contributed by atoms with Crippen LogP contribution in [0.25, 0.3) is 0 Å². The van der Waals surface area contributed by atoms with Crippen LogP contribution >= 0.6 is 23.1 Å². The average Bonchev–Trinajstić information content (AvgIpc) is 2.83. The Morgan fingerprint density at radius 3 is 2.52 bits per heavy atom. The first-order chi connectivity index (χ1) is 9.94. The molecular weight excluding hydrogens is 310 g/mol. The van der Waals surface area contributed by atoms with Crippen LogP contribution in [-0.2, 0) is 4.79 Å². The second-order valence-electron chi connectivity index (χ2n) is 4.39. The third kappa shape index (κ3) is 4.54. The number of thioether (sulfide) groups is 1. The van der Waals surface area contributed by atoms with E-state index in [2.05, 4.69) is 15.5 Å². The van der Waals surface area contributed by atoms with Crippen molar-refractivity contribution in [1.82, 2.24) is 10.2 Å².